The fraction of sp³-hybridized carbons (Fsp3) is 0.917. The second-order valence-electron chi connectivity index (χ2n) is 4.45. The smallest absolute Gasteiger partial charge is 0.320 e. The molecule has 1 unspecified atom stereocenters. The van der Waals surface area contributed by atoms with Crippen molar-refractivity contribution in [3.05, 3.63) is 0 Å². The van der Waals surface area contributed by atoms with Gasteiger partial charge in [-0.2, -0.15) is 0 Å². The molecule has 0 spiro atoms. The van der Waals surface area contributed by atoms with Crippen LogP contribution in [0.25, 0.3) is 0 Å². The van der Waals surface area contributed by atoms with Crippen molar-refractivity contribution in [3.63, 3.8) is 0 Å². The van der Waals surface area contributed by atoms with Crippen molar-refractivity contribution in [3.8, 4) is 0 Å². The van der Waals surface area contributed by atoms with Gasteiger partial charge in [-0.3, -0.25) is 9.69 Å². The van der Waals surface area contributed by atoms with E-state index >= 15 is 0 Å². The first-order valence-electron chi connectivity index (χ1n) is 6.22. The summed E-state index contributed by atoms with van der Waals surface area (Å²) in [6.45, 7) is 4.14. The number of nitrogens with zero attached hydrogens (tertiary/aromatic N) is 1. The summed E-state index contributed by atoms with van der Waals surface area (Å²) in [5.41, 5.74) is 0. The number of aliphatic carboxylic acids is 1. The van der Waals surface area contributed by atoms with Gasteiger partial charge in [0.05, 0.1) is 0 Å². The Morgan fingerprint density at radius 1 is 1.33 bits per heavy atom. The lowest BCUT2D eigenvalue weighted by Gasteiger charge is -2.32. The molecule has 0 radical (unpaired) electrons. The standard InChI is InChI=1S/C12H23NO2/c1-2-3-4-6-9-13-10-7-5-8-11(13)12(14)15/h11H,2-10H2,1H3,(H,14,15). The van der Waals surface area contributed by atoms with Gasteiger partial charge in [-0.05, 0) is 32.4 Å². The van der Waals surface area contributed by atoms with Gasteiger partial charge in [0, 0.05) is 0 Å². The van der Waals surface area contributed by atoms with Gasteiger partial charge in [-0.15, -0.1) is 0 Å². The first kappa shape index (κ1) is 12.5. The fourth-order valence-electron chi connectivity index (χ4n) is 2.28. The summed E-state index contributed by atoms with van der Waals surface area (Å²) in [4.78, 5) is 13.2. The number of carboxylic acid groups (broad SMARTS) is 1. The molecule has 0 aliphatic carbocycles. The summed E-state index contributed by atoms with van der Waals surface area (Å²) >= 11 is 0. The van der Waals surface area contributed by atoms with E-state index in [1.165, 1.54) is 19.3 Å². The molecule has 0 aromatic rings. The van der Waals surface area contributed by atoms with Crippen LogP contribution >= 0.6 is 0 Å². The Morgan fingerprint density at radius 3 is 2.80 bits per heavy atom. The predicted molar refractivity (Wildman–Crippen MR) is 61.0 cm³/mol. The fourth-order valence-corrected chi connectivity index (χ4v) is 2.28. The molecule has 1 rings (SSSR count). The van der Waals surface area contributed by atoms with E-state index < -0.39 is 5.97 Å². The maximum absolute atomic E-state index is 11.0. The van der Waals surface area contributed by atoms with Crippen LogP contribution in [0.1, 0.15) is 51.9 Å². The Labute approximate surface area is 92.5 Å². The zero-order chi connectivity index (χ0) is 11.1. The molecule has 1 heterocycles. The highest BCUT2D eigenvalue weighted by atomic mass is 16.4. The Kier molecular flexibility index (Phi) is 5.69. The highest BCUT2D eigenvalue weighted by Gasteiger charge is 2.27. The molecule has 1 atom stereocenters. The third-order valence-corrected chi connectivity index (χ3v) is 3.20. The molecular weight excluding hydrogens is 190 g/mol. The van der Waals surface area contributed by atoms with Gasteiger partial charge in [0.2, 0.25) is 0 Å². The summed E-state index contributed by atoms with van der Waals surface area (Å²) in [6.07, 6.45) is 7.97. The minimum atomic E-state index is -0.634. The number of carboxylic acids is 1. The molecule has 0 saturated carbocycles. The first-order valence-corrected chi connectivity index (χ1v) is 6.22. The molecule has 1 fully saturated rings. The van der Waals surface area contributed by atoms with Crippen molar-refractivity contribution in [2.24, 2.45) is 0 Å². The third-order valence-electron chi connectivity index (χ3n) is 3.20. The largest absolute Gasteiger partial charge is 0.480 e. The van der Waals surface area contributed by atoms with Crippen molar-refractivity contribution >= 4 is 5.97 Å². The molecule has 3 nitrogen and oxygen atoms in total. The van der Waals surface area contributed by atoms with Crippen LogP contribution in [-0.4, -0.2) is 35.1 Å². The van der Waals surface area contributed by atoms with E-state index in [1.807, 2.05) is 0 Å². The Balaban J connectivity index is 2.26. The van der Waals surface area contributed by atoms with Gasteiger partial charge < -0.3 is 5.11 Å². The highest BCUT2D eigenvalue weighted by Crippen LogP contribution is 2.17. The second-order valence-corrected chi connectivity index (χ2v) is 4.45. The number of unbranched alkanes of at least 4 members (excludes halogenated alkanes) is 3. The van der Waals surface area contributed by atoms with Gasteiger partial charge in [-0.1, -0.05) is 32.6 Å². The van der Waals surface area contributed by atoms with E-state index in [2.05, 4.69) is 11.8 Å². The van der Waals surface area contributed by atoms with Crippen molar-refractivity contribution < 1.29 is 9.90 Å². The van der Waals surface area contributed by atoms with E-state index in [1.54, 1.807) is 0 Å². The van der Waals surface area contributed by atoms with Crippen LogP contribution in [0.15, 0.2) is 0 Å². The zero-order valence-electron chi connectivity index (χ0n) is 9.74. The van der Waals surface area contributed by atoms with Gasteiger partial charge in [0.25, 0.3) is 0 Å². The third kappa shape index (κ3) is 4.20. The summed E-state index contributed by atoms with van der Waals surface area (Å²) in [6, 6.07) is -0.208. The van der Waals surface area contributed by atoms with Crippen LogP contribution in [0.4, 0.5) is 0 Å². The predicted octanol–water partition coefficient (Wildman–Crippen LogP) is 2.51. The van der Waals surface area contributed by atoms with Crippen LogP contribution in [0, 0.1) is 0 Å². The molecule has 1 N–H and O–H groups in total. The molecule has 0 aromatic heterocycles. The summed E-state index contributed by atoms with van der Waals surface area (Å²) in [5.74, 6) is -0.634. The molecule has 0 amide bonds. The van der Waals surface area contributed by atoms with Gasteiger partial charge in [0.15, 0.2) is 0 Å². The molecular formula is C12H23NO2. The summed E-state index contributed by atoms with van der Waals surface area (Å²) < 4.78 is 0. The lowest BCUT2D eigenvalue weighted by atomic mass is 10.0. The average Bonchev–Trinajstić information content (AvgIpc) is 2.25. The van der Waals surface area contributed by atoms with E-state index in [0.29, 0.717) is 0 Å². The number of carbonyl (C=O) groups is 1. The van der Waals surface area contributed by atoms with Gasteiger partial charge in [-0.25, -0.2) is 0 Å². The molecule has 1 saturated heterocycles. The number of likely N-dealkylation sites (tertiary alicyclic amines) is 1. The number of hydrogen-bond acceptors (Lipinski definition) is 2. The Bertz CT molecular complexity index is 194. The molecule has 88 valence electrons. The second kappa shape index (κ2) is 6.83. The van der Waals surface area contributed by atoms with Crippen LogP contribution in [0.5, 0.6) is 0 Å². The number of hydrogen-bond donors (Lipinski definition) is 1. The molecule has 3 heteroatoms. The first-order chi connectivity index (χ1) is 7.25. The minimum absolute atomic E-state index is 0.208. The molecule has 15 heavy (non-hydrogen) atoms. The van der Waals surface area contributed by atoms with Crippen LogP contribution < -0.4 is 0 Å². The lowest BCUT2D eigenvalue weighted by molar-refractivity contribution is -0.144. The Morgan fingerprint density at radius 2 is 2.13 bits per heavy atom. The number of piperidine rings is 1. The number of rotatable bonds is 6. The molecule has 1 aliphatic heterocycles. The minimum Gasteiger partial charge on any atom is -0.480 e. The van der Waals surface area contributed by atoms with Gasteiger partial charge >= 0.3 is 5.97 Å². The van der Waals surface area contributed by atoms with Crippen LogP contribution in [0.3, 0.4) is 0 Å². The molecule has 0 bridgehead atoms. The van der Waals surface area contributed by atoms with E-state index in [0.717, 1.165) is 38.8 Å². The zero-order valence-corrected chi connectivity index (χ0v) is 9.74. The van der Waals surface area contributed by atoms with Gasteiger partial charge in [0.1, 0.15) is 6.04 Å². The normalized spacial score (nSPS) is 22.9. The monoisotopic (exact) mass is 213 g/mol. The lowest BCUT2D eigenvalue weighted by Crippen LogP contribution is -2.44. The highest BCUT2D eigenvalue weighted by molar-refractivity contribution is 5.73. The van der Waals surface area contributed by atoms with Crippen molar-refractivity contribution in [1.82, 2.24) is 4.90 Å². The van der Waals surface area contributed by atoms with Crippen molar-refractivity contribution in [1.29, 1.82) is 0 Å². The Hall–Kier alpha value is -0.570. The van der Waals surface area contributed by atoms with Crippen molar-refractivity contribution in [2.45, 2.75) is 57.9 Å². The topological polar surface area (TPSA) is 40.5 Å². The van der Waals surface area contributed by atoms with Crippen LogP contribution in [0.2, 0.25) is 0 Å². The summed E-state index contributed by atoms with van der Waals surface area (Å²) in [7, 11) is 0. The average molecular weight is 213 g/mol. The molecule has 0 aromatic carbocycles. The maximum Gasteiger partial charge on any atom is 0.320 e. The van der Waals surface area contributed by atoms with Crippen molar-refractivity contribution in [2.75, 3.05) is 13.1 Å². The van der Waals surface area contributed by atoms with E-state index in [9.17, 15) is 4.79 Å². The molecule has 1 aliphatic rings. The van der Waals surface area contributed by atoms with Crippen LogP contribution in [-0.2, 0) is 4.79 Å². The summed E-state index contributed by atoms with van der Waals surface area (Å²) in [5, 5.41) is 9.07. The van der Waals surface area contributed by atoms with E-state index in [4.69, 9.17) is 5.11 Å². The van der Waals surface area contributed by atoms with E-state index in [-0.39, 0.29) is 6.04 Å². The maximum atomic E-state index is 11.0. The quantitative estimate of drug-likeness (QED) is 0.689. The SMILES string of the molecule is CCCCCCN1CCCCC1C(=O)O.